The van der Waals surface area contributed by atoms with E-state index >= 15 is 0 Å². The minimum Gasteiger partial charge on any atom is -0.497 e. The second kappa shape index (κ2) is 5.83. The van der Waals surface area contributed by atoms with Gasteiger partial charge in [-0.1, -0.05) is 28.1 Å². The summed E-state index contributed by atoms with van der Waals surface area (Å²) >= 11 is 3.44. The maximum absolute atomic E-state index is 5.14. The van der Waals surface area contributed by atoms with Crippen LogP contribution in [0.2, 0.25) is 0 Å². The van der Waals surface area contributed by atoms with Crippen molar-refractivity contribution >= 4 is 27.6 Å². The quantitative estimate of drug-likeness (QED) is 0.838. The van der Waals surface area contributed by atoms with Gasteiger partial charge in [-0.05, 0) is 48.4 Å². The van der Waals surface area contributed by atoms with E-state index in [1.54, 1.807) is 13.3 Å². The van der Waals surface area contributed by atoms with E-state index in [1.807, 2.05) is 36.4 Å². The molecule has 18 heavy (non-hydrogen) atoms. The van der Waals surface area contributed by atoms with Gasteiger partial charge in [-0.25, -0.2) is 0 Å². The Bertz CT molecular complexity index is 561. The van der Waals surface area contributed by atoms with E-state index in [2.05, 4.69) is 33.9 Å². The Hall–Kier alpha value is -1.61. The first-order valence-corrected chi connectivity index (χ1v) is 6.42. The number of pyridine rings is 1. The van der Waals surface area contributed by atoms with Crippen LogP contribution in [0.3, 0.4) is 0 Å². The second-order valence-electron chi connectivity index (χ2n) is 3.95. The zero-order chi connectivity index (χ0) is 13.0. The molecule has 2 rings (SSSR count). The van der Waals surface area contributed by atoms with Gasteiger partial charge in [0.2, 0.25) is 0 Å². The summed E-state index contributed by atoms with van der Waals surface area (Å²) < 4.78 is 6.18. The van der Waals surface area contributed by atoms with Crippen molar-refractivity contribution in [2.45, 2.75) is 6.92 Å². The zero-order valence-electron chi connectivity index (χ0n) is 10.4. The van der Waals surface area contributed by atoms with Gasteiger partial charge in [-0.3, -0.25) is 4.98 Å². The highest BCUT2D eigenvalue weighted by molar-refractivity contribution is 9.10. The molecule has 0 aliphatic heterocycles. The predicted octanol–water partition coefficient (Wildman–Crippen LogP) is 4.41. The monoisotopic (exact) mass is 303 g/mol. The van der Waals surface area contributed by atoms with Crippen LogP contribution in [0.5, 0.6) is 5.75 Å². The molecule has 2 aromatic rings. The van der Waals surface area contributed by atoms with Crippen LogP contribution in [-0.2, 0) is 0 Å². The van der Waals surface area contributed by atoms with Gasteiger partial charge >= 0.3 is 0 Å². The third kappa shape index (κ3) is 3.20. The van der Waals surface area contributed by atoms with Crippen LogP contribution in [0.25, 0.3) is 11.6 Å². The molecule has 92 valence electrons. The molecule has 0 aliphatic rings. The molecule has 1 heterocycles. The Labute approximate surface area is 115 Å². The number of rotatable bonds is 3. The lowest BCUT2D eigenvalue weighted by Gasteiger charge is -2.04. The number of ether oxygens (including phenoxy) is 1. The molecule has 3 heteroatoms. The van der Waals surface area contributed by atoms with Gasteiger partial charge in [0.15, 0.2) is 0 Å². The Kier molecular flexibility index (Phi) is 4.15. The lowest BCUT2D eigenvalue weighted by molar-refractivity contribution is 0.415. The molecule has 0 amide bonds. The van der Waals surface area contributed by atoms with Gasteiger partial charge in [0.1, 0.15) is 5.75 Å². The van der Waals surface area contributed by atoms with Crippen LogP contribution >= 0.6 is 15.9 Å². The number of hydrogen-bond donors (Lipinski definition) is 0. The molecule has 0 aliphatic carbocycles. The number of methoxy groups -OCH3 is 1. The summed E-state index contributed by atoms with van der Waals surface area (Å²) in [6.07, 6.45) is 3.85. The Morgan fingerprint density at radius 1 is 1.22 bits per heavy atom. The summed E-state index contributed by atoms with van der Waals surface area (Å²) in [5.41, 5.74) is 3.28. The number of nitrogens with zero attached hydrogens (tertiary/aromatic N) is 1. The Balaban J connectivity index is 2.26. The molecular formula is C15H14BrNO. The molecule has 0 saturated carbocycles. The lowest BCUT2D eigenvalue weighted by atomic mass is 10.1. The molecule has 0 radical (unpaired) electrons. The van der Waals surface area contributed by atoms with Crippen molar-refractivity contribution < 1.29 is 4.74 Å². The van der Waals surface area contributed by atoms with Crippen molar-refractivity contribution in [3.8, 4) is 5.75 Å². The fourth-order valence-corrected chi connectivity index (χ4v) is 2.01. The molecule has 1 aromatic heterocycles. The lowest BCUT2D eigenvalue weighted by Crippen LogP contribution is -1.85. The van der Waals surface area contributed by atoms with Crippen molar-refractivity contribution in [1.82, 2.24) is 4.98 Å². The smallest absolute Gasteiger partial charge is 0.118 e. The number of aromatic nitrogens is 1. The number of hydrogen-bond acceptors (Lipinski definition) is 2. The van der Waals surface area contributed by atoms with Crippen molar-refractivity contribution in [3.05, 3.63) is 58.3 Å². The van der Waals surface area contributed by atoms with Gasteiger partial charge in [-0.15, -0.1) is 0 Å². The summed E-state index contributed by atoms with van der Waals surface area (Å²) in [5.74, 6) is 0.868. The maximum Gasteiger partial charge on any atom is 0.118 e. The SMILES string of the molecule is COc1ccc(C(C)=Cc2cc(Br)ccn2)cc1. The Morgan fingerprint density at radius 3 is 2.56 bits per heavy atom. The molecule has 0 fully saturated rings. The molecule has 2 nitrogen and oxygen atoms in total. The third-order valence-corrected chi connectivity index (χ3v) is 3.15. The Morgan fingerprint density at radius 2 is 1.94 bits per heavy atom. The van der Waals surface area contributed by atoms with Crippen LogP contribution in [0.4, 0.5) is 0 Å². The first kappa shape index (κ1) is 12.8. The van der Waals surface area contributed by atoms with Gasteiger partial charge in [0.05, 0.1) is 12.8 Å². The van der Waals surface area contributed by atoms with Gasteiger partial charge < -0.3 is 4.74 Å². The van der Waals surface area contributed by atoms with E-state index in [0.29, 0.717) is 0 Å². The van der Waals surface area contributed by atoms with Crippen molar-refractivity contribution in [2.24, 2.45) is 0 Å². The maximum atomic E-state index is 5.14. The molecular weight excluding hydrogens is 290 g/mol. The molecule has 0 unspecified atom stereocenters. The second-order valence-corrected chi connectivity index (χ2v) is 4.87. The minimum absolute atomic E-state index is 0.868. The predicted molar refractivity (Wildman–Crippen MR) is 78.5 cm³/mol. The topological polar surface area (TPSA) is 22.1 Å². The minimum atomic E-state index is 0.868. The normalized spacial score (nSPS) is 11.4. The third-order valence-electron chi connectivity index (χ3n) is 2.65. The summed E-state index contributed by atoms with van der Waals surface area (Å²) in [6, 6.07) is 11.9. The first-order chi connectivity index (χ1) is 8.69. The fourth-order valence-electron chi connectivity index (χ4n) is 1.66. The average Bonchev–Trinajstić information content (AvgIpc) is 2.39. The van der Waals surface area contributed by atoms with Gasteiger partial charge in [-0.2, -0.15) is 0 Å². The summed E-state index contributed by atoms with van der Waals surface area (Å²) in [6.45, 7) is 2.07. The molecule has 1 aromatic carbocycles. The largest absolute Gasteiger partial charge is 0.497 e. The molecule has 0 N–H and O–H groups in total. The van der Waals surface area contributed by atoms with E-state index in [9.17, 15) is 0 Å². The van der Waals surface area contributed by atoms with Crippen LogP contribution in [0.15, 0.2) is 47.1 Å². The average molecular weight is 304 g/mol. The van der Waals surface area contributed by atoms with Crippen LogP contribution in [0.1, 0.15) is 18.2 Å². The van der Waals surface area contributed by atoms with Crippen LogP contribution in [0, 0.1) is 0 Å². The molecule has 0 saturated heterocycles. The van der Waals surface area contributed by atoms with Gasteiger partial charge in [0.25, 0.3) is 0 Å². The standard InChI is InChI=1S/C15H14BrNO/c1-11(9-14-10-13(16)7-8-17-14)12-3-5-15(18-2)6-4-12/h3-10H,1-2H3. The van der Waals surface area contributed by atoms with Crippen LogP contribution < -0.4 is 4.74 Å². The van der Waals surface area contributed by atoms with E-state index < -0.39 is 0 Å². The highest BCUT2D eigenvalue weighted by Crippen LogP contribution is 2.21. The van der Waals surface area contributed by atoms with E-state index in [-0.39, 0.29) is 0 Å². The van der Waals surface area contributed by atoms with E-state index in [0.717, 1.165) is 21.5 Å². The molecule has 0 atom stereocenters. The van der Waals surface area contributed by atoms with Crippen molar-refractivity contribution in [2.75, 3.05) is 7.11 Å². The molecule has 0 spiro atoms. The zero-order valence-corrected chi connectivity index (χ0v) is 11.9. The van der Waals surface area contributed by atoms with E-state index in [4.69, 9.17) is 4.74 Å². The van der Waals surface area contributed by atoms with Crippen LogP contribution in [-0.4, -0.2) is 12.1 Å². The summed E-state index contributed by atoms with van der Waals surface area (Å²) in [7, 11) is 1.67. The highest BCUT2D eigenvalue weighted by atomic mass is 79.9. The number of benzene rings is 1. The van der Waals surface area contributed by atoms with Crippen molar-refractivity contribution in [1.29, 1.82) is 0 Å². The fraction of sp³-hybridized carbons (Fsp3) is 0.133. The summed E-state index contributed by atoms with van der Waals surface area (Å²) in [5, 5.41) is 0. The first-order valence-electron chi connectivity index (χ1n) is 5.63. The number of allylic oxidation sites excluding steroid dienone is 1. The molecule has 0 bridgehead atoms. The highest BCUT2D eigenvalue weighted by Gasteiger charge is 1.98. The number of halogens is 1. The van der Waals surface area contributed by atoms with Gasteiger partial charge in [0, 0.05) is 10.7 Å². The van der Waals surface area contributed by atoms with E-state index in [1.165, 1.54) is 5.57 Å². The van der Waals surface area contributed by atoms with Crippen molar-refractivity contribution in [3.63, 3.8) is 0 Å². The summed E-state index contributed by atoms with van der Waals surface area (Å²) in [4.78, 5) is 4.31.